The van der Waals surface area contributed by atoms with Crippen LogP contribution in [0.15, 0.2) is 0 Å². The lowest BCUT2D eigenvalue weighted by Crippen LogP contribution is -2.39. The Morgan fingerprint density at radius 1 is 1.20 bits per heavy atom. The first kappa shape index (κ1) is 15.8. The zero-order chi connectivity index (χ0) is 14.6. The number of aliphatic hydroxyl groups is 1. The van der Waals surface area contributed by atoms with E-state index in [0.29, 0.717) is 18.3 Å². The summed E-state index contributed by atoms with van der Waals surface area (Å²) in [5, 5.41) is 20.1. The van der Waals surface area contributed by atoms with Crippen molar-refractivity contribution in [3.63, 3.8) is 0 Å². The van der Waals surface area contributed by atoms with Crippen LogP contribution in [0.3, 0.4) is 0 Å². The predicted octanol–water partition coefficient (Wildman–Crippen LogP) is 3.99. The number of aliphatic hydroxyl groups excluding tert-OH is 1. The zero-order valence-electron chi connectivity index (χ0n) is 12.8. The molecule has 3 nitrogen and oxygen atoms in total. The van der Waals surface area contributed by atoms with Gasteiger partial charge in [-0.2, -0.15) is 0 Å². The van der Waals surface area contributed by atoms with Crippen LogP contribution in [-0.4, -0.2) is 22.3 Å². The molecule has 2 N–H and O–H groups in total. The lowest BCUT2D eigenvalue weighted by atomic mass is 9.66. The highest BCUT2D eigenvalue weighted by Gasteiger charge is 2.44. The molecule has 20 heavy (non-hydrogen) atoms. The third-order valence-corrected chi connectivity index (χ3v) is 5.68. The van der Waals surface area contributed by atoms with E-state index in [1.807, 2.05) is 0 Å². The molecule has 2 aliphatic rings. The number of rotatable bonds is 6. The third-order valence-electron chi connectivity index (χ3n) is 5.68. The van der Waals surface area contributed by atoms with Crippen molar-refractivity contribution in [1.29, 1.82) is 0 Å². The topological polar surface area (TPSA) is 57.5 Å². The molecule has 0 spiro atoms. The highest BCUT2D eigenvalue weighted by Crippen LogP contribution is 2.45. The van der Waals surface area contributed by atoms with E-state index in [9.17, 15) is 15.0 Å². The van der Waals surface area contributed by atoms with E-state index in [0.717, 1.165) is 38.5 Å². The second kappa shape index (κ2) is 6.93. The molecule has 0 radical (unpaired) electrons. The Morgan fingerprint density at radius 2 is 1.85 bits per heavy atom. The Balaban J connectivity index is 1.95. The number of carbonyl (C=O) groups is 1. The molecule has 3 atom stereocenters. The maximum atomic E-state index is 11.8. The van der Waals surface area contributed by atoms with Crippen LogP contribution in [-0.2, 0) is 4.79 Å². The molecule has 2 saturated carbocycles. The summed E-state index contributed by atoms with van der Waals surface area (Å²) in [5.41, 5.74) is -0.656. The number of hydrogen-bond acceptors (Lipinski definition) is 2. The monoisotopic (exact) mass is 282 g/mol. The minimum absolute atomic E-state index is 0.426. The van der Waals surface area contributed by atoms with Gasteiger partial charge in [-0.15, -0.1) is 0 Å². The van der Waals surface area contributed by atoms with Crippen LogP contribution < -0.4 is 0 Å². The molecule has 2 fully saturated rings. The Kier molecular flexibility index (Phi) is 5.48. The second-order valence-corrected chi connectivity index (χ2v) is 7.20. The summed E-state index contributed by atoms with van der Waals surface area (Å²) in [4.78, 5) is 11.8. The van der Waals surface area contributed by atoms with Crippen LogP contribution >= 0.6 is 0 Å². The number of hydrogen-bond donors (Lipinski definition) is 2. The standard InChI is InChI=1S/C17H30O3/c1-2-13-8-5-9-17(11-13,16(19)20)12-15(18)10-14-6-3-4-7-14/h13-15,18H,2-12H2,1H3,(H,19,20). The summed E-state index contributed by atoms with van der Waals surface area (Å²) < 4.78 is 0. The molecule has 3 heteroatoms. The van der Waals surface area contributed by atoms with E-state index in [2.05, 4.69) is 6.92 Å². The van der Waals surface area contributed by atoms with E-state index < -0.39 is 17.5 Å². The largest absolute Gasteiger partial charge is 0.481 e. The zero-order valence-corrected chi connectivity index (χ0v) is 12.8. The fourth-order valence-corrected chi connectivity index (χ4v) is 4.47. The summed E-state index contributed by atoms with van der Waals surface area (Å²) >= 11 is 0. The number of carboxylic acid groups (broad SMARTS) is 1. The molecule has 3 unspecified atom stereocenters. The van der Waals surface area contributed by atoms with Gasteiger partial charge in [-0.1, -0.05) is 51.9 Å². The summed E-state index contributed by atoms with van der Waals surface area (Å²) in [5.74, 6) is 0.473. The van der Waals surface area contributed by atoms with Crippen molar-refractivity contribution in [3.8, 4) is 0 Å². The fraction of sp³-hybridized carbons (Fsp3) is 0.941. The van der Waals surface area contributed by atoms with Crippen molar-refractivity contribution < 1.29 is 15.0 Å². The van der Waals surface area contributed by atoms with Crippen molar-refractivity contribution in [1.82, 2.24) is 0 Å². The summed E-state index contributed by atoms with van der Waals surface area (Å²) in [7, 11) is 0. The Morgan fingerprint density at radius 3 is 2.45 bits per heavy atom. The Labute approximate surface area is 122 Å². The van der Waals surface area contributed by atoms with Crippen molar-refractivity contribution in [2.75, 3.05) is 0 Å². The third kappa shape index (κ3) is 3.75. The van der Waals surface area contributed by atoms with E-state index in [4.69, 9.17) is 0 Å². The Bertz CT molecular complexity index is 322. The van der Waals surface area contributed by atoms with Gasteiger partial charge in [-0.05, 0) is 37.5 Å². The molecule has 2 rings (SSSR count). The first-order chi connectivity index (χ1) is 9.55. The molecular formula is C17H30O3. The van der Waals surface area contributed by atoms with Gasteiger partial charge < -0.3 is 10.2 Å². The molecule has 0 bridgehead atoms. The molecule has 0 saturated heterocycles. The number of aliphatic carboxylic acids is 1. The normalized spacial score (nSPS) is 33.2. The van der Waals surface area contributed by atoms with Gasteiger partial charge in [0.25, 0.3) is 0 Å². The summed E-state index contributed by atoms with van der Waals surface area (Å²) in [6.07, 6.45) is 10.6. The van der Waals surface area contributed by atoms with Crippen LogP contribution in [0.25, 0.3) is 0 Å². The van der Waals surface area contributed by atoms with E-state index >= 15 is 0 Å². The first-order valence-electron chi connectivity index (χ1n) is 8.47. The van der Waals surface area contributed by atoms with Gasteiger partial charge >= 0.3 is 5.97 Å². The maximum Gasteiger partial charge on any atom is 0.309 e. The molecule has 0 aliphatic heterocycles. The van der Waals surface area contributed by atoms with Gasteiger partial charge in [0.1, 0.15) is 0 Å². The van der Waals surface area contributed by atoms with Gasteiger partial charge in [0.05, 0.1) is 11.5 Å². The average Bonchev–Trinajstić information content (AvgIpc) is 2.91. The molecule has 0 aromatic rings. The minimum Gasteiger partial charge on any atom is -0.481 e. The van der Waals surface area contributed by atoms with E-state index in [1.54, 1.807) is 0 Å². The van der Waals surface area contributed by atoms with Gasteiger partial charge in [-0.3, -0.25) is 4.79 Å². The van der Waals surface area contributed by atoms with Crippen LogP contribution in [0.1, 0.15) is 77.6 Å². The van der Waals surface area contributed by atoms with Crippen LogP contribution in [0.2, 0.25) is 0 Å². The van der Waals surface area contributed by atoms with Crippen molar-refractivity contribution in [3.05, 3.63) is 0 Å². The van der Waals surface area contributed by atoms with Gasteiger partial charge in [0.15, 0.2) is 0 Å². The predicted molar refractivity (Wildman–Crippen MR) is 79.5 cm³/mol. The van der Waals surface area contributed by atoms with Gasteiger partial charge in [0, 0.05) is 0 Å². The van der Waals surface area contributed by atoms with Crippen molar-refractivity contribution in [2.24, 2.45) is 17.3 Å². The minimum atomic E-state index is -0.680. The maximum absolute atomic E-state index is 11.8. The average molecular weight is 282 g/mol. The fourth-order valence-electron chi connectivity index (χ4n) is 4.47. The number of carboxylic acids is 1. The molecule has 0 aromatic carbocycles. The Hall–Kier alpha value is -0.570. The van der Waals surface area contributed by atoms with Crippen molar-refractivity contribution in [2.45, 2.75) is 83.7 Å². The van der Waals surface area contributed by atoms with E-state index in [1.165, 1.54) is 25.7 Å². The highest BCUT2D eigenvalue weighted by atomic mass is 16.4. The first-order valence-corrected chi connectivity index (χ1v) is 8.47. The highest BCUT2D eigenvalue weighted by molar-refractivity contribution is 5.74. The van der Waals surface area contributed by atoms with Crippen LogP contribution in [0.4, 0.5) is 0 Å². The molecular weight excluding hydrogens is 252 g/mol. The van der Waals surface area contributed by atoms with Crippen LogP contribution in [0.5, 0.6) is 0 Å². The summed E-state index contributed by atoms with van der Waals surface area (Å²) in [6, 6.07) is 0. The second-order valence-electron chi connectivity index (χ2n) is 7.20. The molecule has 0 amide bonds. The lowest BCUT2D eigenvalue weighted by molar-refractivity contribution is -0.155. The molecule has 2 aliphatic carbocycles. The van der Waals surface area contributed by atoms with Crippen molar-refractivity contribution >= 4 is 5.97 Å². The summed E-state index contributed by atoms with van der Waals surface area (Å²) in [6.45, 7) is 2.15. The molecule has 0 heterocycles. The smallest absolute Gasteiger partial charge is 0.309 e. The van der Waals surface area contributed by atoms with E-state index in [-0.39, 0.29) is 0 Å². The SMILES string of the molecule is CCC1CCCC(CC(O)CC2CCCC2)(C(=O)O)C1. The molecule has 116 valence electrons. The lowest BCUT2D eigenvalue weighted by Gasteiger charge is -2.39. The quantitative estimate of drug-likeness (QED) is 0.774. The van der Waals surface area contributed by atoms with Crippen LogP contribution in [0, 0.1) is 17.3 Å². The van der Waals surface area contributed by atoms with Gasteiger partial charge in [0.2, 0.25) is 0 Å². The molecule has 0 aromatic heterocycles. The van der Waals surface area contributed by atoms with Gasteiger partial charge in [-0.25, -0.2) is 0 Å².